The molecule has 0 aromatic heterocycles. The van der Waals surface area contributed by atoms with Gasteiger partial charge in [-0.2, -0.15) is 0 Å². The maximum absolute atomic E-state index is 7.35. The highest BCUT2D eigenvalue weighted by molar-refractivity contribution is 6.29. The first kappa shape index (κ1) is 9.08. The Labute approximate surface area is 62.2 Å². The molecule has 0 radical (unpaired) electrons. The highest BCUT2D eigenvalue weighted by atomic mass is 14.7. The molecule has 56 valence electrons. The van der Waals surface area contributed by atoms with Crippen molar-refractivity contribution in [1.82, 2.24) is 0 Å². The van der Waals surface area contributed by atoms with Gasteiger partial charge in [-0.3, -0.25) is 4.99 Å². The lowest BCUT2D eigenvalue weighted by molar-refractivity contribution is 0.889. The van der Waals surface area contributed by atoms with Crippen LogP contribution in [0.1, 0.15) is 20.8 Å². The molecule has 10 heavy (non-hydrogen) atoms. The third-order valence-electron chi connectivity index (χ3n) is 1.05. The summed E-state index contributed by atoms with van der Waals surface area (Å²) in [7, 11) is 0. The van der Waals surface area contributed by atoms with E-state index in [9.17, 15) is 0 Å². The molecule has 0 saturated heterocycles. The average molecular weight is 138 g/mol. The highest BCUT2D eigenvalue weighted by Gasteiger charge is 1.96. The Morgan fingerprint density at radius 3 is 2.40 bits per heavy atom. The molecule has 0 aliphatic carbocycles. The summed E-state index contributed by atoms with van der Waals surface area (Å²) in [4.78, 5) is 3.90. The average Bonchev–Trinajstić information content (AvgIpc) is 1.82. The van der Waals surface area contributed by atoms with Gasteiger partial charge in [0.2, 0.25) is 0 Å². The van der Waals surface area contributed by atoms with Gasteiger partial charge in [-0.05, 0) is 12.8 Å². The van der Waals surface area contributed by atoms with Gasteiger partial charge in [-0.1, -0.05) is 20.4 Å². The third kappa shape index (κ3) is 4.01. The normalized spacial score (nSPS) is 10.8. The fraction of sp³-hybridized carbons (Fsp3) is 0.500. The van der Waals surface area contributed by atoms with Crippen LogP contribution in [0, 0.1) is 11.3 Å². The molecule has 0 heterocycles. The Morgan fingerprint density at radius 1 is 1.60 bits per heavy atom. The fourth-order valence-electron chi connectivity index (χ4n) is 0.329. The van der Waals surface area contributed by atoms with Crippen LogP contribution in [0.4, 0.5) is 0 Å². The molecular formula is C8H14N2. The second-order valence-electron chi connectivity index (χ2n) is 2.60. The zero-order chi connectivity index (χ0) is 8.15. The zero-order valence-electron chi connectivity index (χ0n) is 6.81. The van der Waals surface area contributed by atoms with E-state index in [1.54, 1.807) is 6.21 Å². The number of hydrogen-bond acceptors (Lipinski definition) is 2. The third-order valence-corrected chi connectivity index (χ3v) is 1.05. The minimum Gasteiger partial charge on any atom is -0.303 e. The molecule has 0 bridgehead atoms. The first-order chi connectivity index (χ1) is 4.54. The Bertz CT molecular complexity index is 166. The maximum atomic E-state index is 7.35. The number of nitrogens with zero attached hydrogens (tertiary/aromatic N) is 1. The molecular weight excluding hydrogens is 124 g/mol. The molecule has 0 amide bonds. The Morgan fingerprint density at radius 2 is 2.10 bits per heavy atom. The van der Waals surface area contributed by atoms with E-state index in [0.717, 1.165) is 5.70 Å². The predicted octanol–water partition coefficient (Wildman–Crippen LogP) is 2.27. The van der Waals surface area contributed by atoms with Crippen LogP contribution in [0.2, 0.25) is 0 Å². The van der Waals surface area contributed by atoms with Crippen LogP contribution in [0.25, 0.3) is 0 Å². The second-order valence-corrected chi connectivity index (χ2v) is 2.60. The Hall–Kier alpha value is -0.920. The van der Waals surface area contributed by atoms with Crippen molar-refractivity contribution in [2.45, 2.75) is 20.8 Å². The SMILES string of the molecule is C=C(C)/N=C\C(=N)C(C)C. The van der Waals surface area contributed by atoms with Crippen LogP contribution in [0.5, 0.6) is 0 Å². The van der Waals surface area contributed by atoms with Crippen molar-refractivity contribution < 1.29 is 0 Å². The largest absolute Gasteiger partial charge is 0.303 e. The van der Waals surface area contributed by atoms with Crippen molar-refractivity contribution in [3.63, 3.8) is 0 Å². The van der Waals surface area contributed by atoms with Gasteiger partial charge in [0.1, 0.15) is 0 Å². The summed E-state index contributed by atoms with van der Waals surface area (Å²) in [6, 6.07) is 0. The lowest BCUT2D eigenvalue weighted by atomic mass is 10.1. The van der Waals surface area contributed by atoms with Gasteiger partial charge in [0.25, 0.3) is 0 Å². The first-order valence-corrected chi connectivity index (χ1v) is 3.32. The van der Waals surface area contributed by atoms with Crippen molar-refractivity contribution in [2.24, 2.45) is 10.9 Å². The van der Waals surface area contributed by atoms with Crippen LogP contribution < -0.4 is 0 Å². The molecule has 0 unspecified atom stereocenters. The summed E-state index contributed by atoms with van der Waals surface area (Å²) in [6.07, 6.45) is 1.55. The molecule has 0 aromatic carbocycles. The molecule has 1 N–H and O–H groups in total. The summed E-state index contributed by atoms with van der Waals surface area (Å²) in [5.74, 6) is 0.253. The van der Waals surface area contributed by atoms with E-state index in [2.05, 4.69) is 11.6 Å². The zero-order valence-corrected chi connectivity index (χ0v) is 6.81. The molecule has 2 nitrogen and oxygen atoms in total. The quantitative estimate of drug-likeness (QED) is 0.581. The van der Waals surface area contributed by atoms with Crippen molar-refractivity contribution in [2.75, 3.05) is 0 Å². The molecule has 0 spiro atoms. The lowest BCUT2D eigenvalue weighted by Crippen LogP contribution is -2.06. The minimum absolute atomic E-state index is 0.253. The second kappa shape index (κ2) is 3.99. The number of allylic oxidation sites excluding steroid dienone is 1. The fourth-order valence-corrected chi connectivity index (χ4v) is 0.329. The first-order valence-electron chi connectivity index (χ1n) is 3.32. The summed E-state index contributed by atoms with van der Waals surface area (Å²) in [5, 5.41) is 7.35. The van der Waals surface area contributed by atoms with Crippen molar-refractivity contribution in [3.8, 4) is 0 Å². The smallest absolute Gasteiger partial charge is 0.0521 e. The standard InChI is InChI=1S/C8H14N2/c1-6(2)8(9)5-10-7(3)4/h5-6,9H,3H2,1-2,4H3/b9-8?,10-5-. The predicted molar refractivity (Wildman–Crippen MR) is 45.9 cm³/mol. The maximum Gasteiger partial charge on any atom is 0.0521 e. The van der Waals surface area contributed by atoms with E-state index in [0.29, 0.717) is 5.71 Å². The molecule has 0 fully saturated rings. The van der Waals surface area contributed by atoms with E-state index in [1.165, 1.54) is 0 Å². The van der Waals surface area contributed by atoms with Crippen LogP contribution in [0.3, 0.4) is 0 Å². The molecule has 0 aliphatic heterocycles. The monoisotopic (exact) mass is 138 g/mol. The van der Waals surface area contributed by atoms with Gasteiger partial charge in [-0.15, -0.1) is 0 Å². The van der Waals surface area contributed by atoms with E-state index >= 15 is 0 Å². The summed E-state index contributed by atoms with van der Waals surface area (Å²) >= 11 is 0. The summed E-state index contributed by atoms with van der Waals surface area (Å²) in [6.45, 7) is 9.33. The number of aliphatic imine (C=N–C) groups is 1. The van der Waals surface area contributed by atoms with E-state index < -0.39 is 0 Å². The van der Waals surface area contributed by atoms with Crippen LogP contribution in [-0.2, 0) is 0 Å². The summed E-state index contributed by atoms with van der Waals surface area (Å²) in [5.41, 5.74) is 1.29. The molecule has 0 atom stereocenters. The van der Waals surface area contributed by atoms with Gasteiger partial charge >= 0.3 is 0 Å². The van der Waals surface area contributed by atoms with E-state index in [4.69, 9.17) is 5.41 Å². The van der Waals surface area contributed by atoms with Crippen LogP contribution in [-0.4, -0.2) is 11.9 Å². The van der Waals surface area contributed by atoms with Crippen LogP contribution >= 0.6 is 0 Å². The molecule has 0 aliphatic rings. The molecule has 0 rings (SSSR count). The Kier molecular flexibility index (Phi) is 3.62. The van der Waals surface area contributed by atoms with E-state index in [-0.39, 0.29) is 5.92 Å². The molecule has 0 aromatic rings. The molecule has 0 saturated carbocycles. The van der Waals surface area contributed by atoms with Gasteiger partial charge in [-0.25, -0.2) is 0 Å². The van der Waals surface area contributed by atoms with Crippen LogP contribution in [0.15, 0.2) is 17.3 Å². The Balaban J connectivity index is 3.90. The van der Waals surface area contributed by atoms with Crippen molar-refractivity contribution in [1.29, 1.82) is 5.41 Å². The number of hydrogen-bond donors (Lipinski definition) is 1. The highest BCUT2D eigenvalue weighted by Crippen LogP contribution is 1.93. The van der Waals surface area contributed by atoms with Gasteiger partial charge < -0.3 is 5.41 Å². The van der Waals surface area contributed by atoms with Gasteiger partial charge in [0.05, 0.1) is 5.71 Å². The molecule has 2 heteroatoms. The van der Waals surface area contributed by atoms with Crippen molar-refractivity contribution in [3.05, 3.63) is 12.3 Å². The topological polar surface area (TPSA) is 36.2 Å². The van der Waals surface area contributed by atoms with Gasteiger partial charge in [0, 0.05) is 11.9 Å². The number of rotatable bonds is 3. The minimum atomic E-state index is 0.253. The van der Waals surface area contributed by atoms with Crippen molar-refractivity contribution >= 4 is 11.9 Å². The number of nitrogens with one attached hydrogen (secondary N) is 1. The van der Waals surface area contributed by atoms with Gasteiger partial charge in [0.15, 0.2) is 0 Å². The van der Waals surface area contributed by atoms with E-state index in [1.807, 2.05) is 20.8 Å². The summed E-state index contributed by atoms with van der Waals surface area (Å²) < 4.78 is 0. The lowest BCUT2D eigenvalue weighted by Gasteiger charge is -1.98.